The van der Waals surface area contributed by atoms with E-state index in [1.165, 1.54) is 0 Å². The molecule has 0 radical (unpaired) electrons. The summed E-state index contributed by atoms with van der Waals surface area (Å²) >= 11 is 0. The maximum absolute atomic E-state index is 12.4. The molecule has 0 aliphatic rings. The van der Waals surface area contributed by atoms with Gasteiger partial charge in [-0.05, 0) is 24.6 Å². The van der Waals surface area contributed by atoms with Gasteiger partial charge in [-0.15, -0.1) is 0 Å². The predicted octanol–water partition coefficient (Wildman–Crippen LogP) is 3.35. The van der Waals surface area contributed by atoms with E-state index < -0.39 is 0 Å². The molecular formula is C18H24N4O3. The number of carbonyl (C=O) groups excluding carboxylic acids is 1. The predicted molar refractivity (Wildman–Crippen MR) is 97.5 cm³/mol. The molecule has 0 saturated heterocycles. The molecule has 2 aromatic rings. The van der Waals surface area contributed by atoms with Crippen molar-refractivity contribution in [2.45, 2.75) is 26.2 Å². The van der Waals surface area contributed by atoms with E-state index in [1.54, 1.807) is 44.7 Å². The number of ether oxygens (including phenoxy) is 2. The van der Waals surface area contributed by atoms with Gasteiger partial charge in [0.2, 0.25) is 5.95 Å². The molecule has 1 heterocycles. The largest absolute Gasteiger partial charge is 0.493 e. The number of aromatic nitrogens is 2. The summed E-state index contributed by atoms with van der Waals surface area (Å²) in [6.07, 6.45) is 4.91. The van der Waals surface area contributed by atoms with Crippen LogP contribution in [0.15, 0.2) is 30.5 Å². The molecule has 0 aliphatic carbocycles. The Morgan fingerprint density at radius 1 is 1.12 bits per heavy atom. The minimum Gasteiger partial charge on any atom is -0.493 e. The van der Waals surface area contributed by atoms with Crippen molar-refractivity contribution in [3.63, 3.8) is 0 Å². The Labute approximate surface area is 147 Å². The Bertz CT molecular complexity index is 706. The number of amides is 1. The van der Waals surface area contributed by atoms with E-state index in [-0.39, 0.29) is 5.91 Å². The first-order valence-electron chi connectivity index (χ1n) is 8.28. The molecule has 2 rings (SSSR count). The molecule has 0 atom stereocenters. The summed E-state index contributed by atoms with van der Waals surface area (Å²) < 4.78 is 10.4. The zero-order valence-electron chi connectivity index (χ0n) is 14.8. The fourth-order valence-corrected chi connectivity index (χ4v) is 2.25. The third-order valence-electron chi connectivity index (χ3n) is 3.59. The first-order valence-corrected chi connectivity index (χ1v) is 8.28. The lowest BCUT2D eigenvalue weighted by atomic mass is 10.2. The van der Waals surface area contributed by atoms with Crippen LogP contribution in [0.2, 0.25) is 0 Å². The summed E-state index contributed by atoms with van der Waals surface area (Å²) in [6, 6.07) is 6.74. The second-order valence-corrected chi connectivity index (χ2v) is 5.42. The molecule has 0 aliphatic heterocycles. The van der Waals surface area contributed by atoms with Gasteiger partial charge in [0.25, 0.3) is 5.91 Å². The highest BCUT2D eigenvalue weighted by atomic mass is 16.5. The maximum atomic E-state index is 12.4. The first kappa shape index (κ1) is 18.5. The van der Waals surface area contributed by atoms with E-state index in [0.29, 0.717) is 28.8 Å². The molecule has 7 heteroatoms. The van der Waals surface area contributed by atoms with Crippen LogP contribution in [0.3, 0.4) is 0 Å². The van der Waals surface area contributed by atoms with Crippen LogP contribution in [0.4, 0.5) is 11.6 Å². The van der Waals surface area contributed by atoms with Crippen molar-refractivity contribution in [2.24, 2.45) is 0 Å². The van der Waals surface area contributed by atoms with E-state index in [9.17, 15) is 4.79 Å². The van der Waals surface area contributed by atoms with Crippen molar-refractivity contribution >= 4 is 17.5 Å². The molecule has 1 aromatic carbocycles. The van der Waals surface area contributed by atoms with Gasteiger partial charge >= 0.3 is 0 Å². The van der Waals surface area contributed by atoms with Gasteiger partial charge in [0.1, 0.15) is 5.69 Å². The van der Waals surface area contributed by atoms with Crippen LogP contribution < -0.4 is 20.1 Å². The molecule has 134 valence electrons. The lowest BCUT2D eigenvalue weighted by Gasteiger charge is -2.11. The highest BCUT2D eigenvalue weighted by Gasteiger charge is 2.11. The van der Waals surface area contributed by atoms with E-state index in [1.807, 2.05) is 0 Å². The van der Waals surface area contributed by atoms with Gasteiger partial charge in [-0.1, -0.05) is 19.8 Å². The number of nitrogens with one attached hydrogen (secondary N) is 2. The van der Waals surface area contributed by atoms with Crippen LogP contribution in [0.25, 0.3) is 0 Å². The second-order valence-electron chi connectivity index (χ2n) is 5.42. The quantitative estimate of drug-likeness (QED) is 0.679. The molecular weight excluding hydrogens is 320 g/mol. The van der Waals surface area contributed by atoms with Crippen molar-refractivity contribution < 1.29 is 14.3 Å². The van der Waals surface area contributed by atoms with Crippen molar-refractivity contribution in [2.75, 3.05) is 31.4 Å². The summed E-state index contributed by atoms with van der Waals surface area (Å²) in [5, 5.41) is 5.93. The zero-order valence-corrected chi connectivity index (χ0v) is 14.8. The summed E-state index contributed by atoms with van der Waals surface area (Å²) in [4.78, 5) is 20.8. The van der Waals surface area contributed by atoms with E-state index in [4.69, 9.17) is 9.47 Å². The minimum absolute atomic E-state index is 0.294. The third-order valence-corrected chi connectivity index (χ3v) is 3.59. The van der Waals surface area contributed by atoms with Crippen LogP contribution >= 0.6 is 0 Å². The van der Waals surface area contributed by atoms with Gasteiger partial charge in [0.05, 0.1) is 14.2 Å². The number of anilines is 2. The lowest BCUT2D eigenvalue weighted by Crippen LogP contribution is -2.15. The number of hydrogen-bond acceptors (Lipinski definition) is 6. The minimum atomic E-state index is -0.314. The van der Waals surface area contributed by atoms with Gasteiger partial charge in [-0.3, -0.25) is 4.79 Å². The molecule has 0 bridgehead atoms. The highest BCUT2D eigenvalue weighted by molar-refractivity contribution is 6.03. The Morgan fingerprint density at radius 3 is 2.64 bits per heavy atom. The number of nitrogens with zero attached hydrogens (tertiary/aromatic N) is 2. The number of hydrogen-bond donors (Lipinski definition) is 2. The molecule has 2 N–H and O–H groups in total. The summed E-state index contributed by atoms with van der Waals surface area (Å²) in [5.74, 6) is 1.28. The summed E-state index contributed by atoms with van der Waals surface area (Å²) in [7, 11) is 3.11. The van der Waals surface area contributed by atoms with Gasteiger partial charge in [0.15, 0.2) is 11.5 Å². The van der Waals surface area contributed by atoms with Gasteiger partial charge < -0.3 is 20.1 Å². The van der Waals surface area contributed by atoms with E-state index >= 15 is 0 Å². The molecule has 0 saturated carbocycles. The third kappa shape index (κ3) is 5.34. The average molecular weight is 344 g/mol. The molecule has 7 nitrogen and oxygen atoms in total. The SMILES string of the molecule is CCCCCNc1nccc(C(=O)Nc2ccc(OC)c(OC)c2)n1. The van der Waals surface area contributed by atoms with Crippen LogP contribution in [0, 0.1) is 0 Å². The molecule has 1 amide bonds. The van der Waals surface area contributed by atoms with Gasteiger partial charge in [-0.2, -0.15) is 0 Å². The Kier molecular flexibility index (Phi) is 7.00. The smallest absolute Gasteiger partial charge is 0.274 e. The fraction of sp³-hybridized carbons (Fsp3) is 0.389. The average Bonchev–Trinajstić information content (AvgIpc) is 2.65. The van der Waals surface area contributed by atoms with Crippen LogP contribution in [-0.4, -0.2) is 36.6 Å². The Hall–Kier alpha value is -2.83. The van der Waals surface area contributed by atoms with Gasteiger partial charge in [-0.25, -0.2) is 9.97 Å². The van der Waals surface area contributed by atoms with Crippen LogP contribution in [-0.2, 0) is 0 Å². The lowest BCUT2D eigenvalue weighted by molar-refractivity contribution is 0.102. The van der Waals surface area contributed by atoms with E-state index in [2.05, 4.69) is 27.5 Å². The second kappa shape index (κ2) is 9.46. The molecule has 25 heavy (non-hydrogen) atoms. The van der Waals surface area contributed by atoms with Crippen LogP contribution in [0.5, 0.6) is 11.5 Å². The molecule has 0 spiro atoms. The number of methoxy groups -OCH3 is 2. The molecule has 0 fully saturated rings. The van der Waals surface area contributed by atoms with Crippen molar-refractivity contribution in [3.8, 4) is 11.5 Å². The Morgan fingerprint density at radius 2 is 1.92 bits per heavy atom. The fourth-order valence-electron chi connectivity index (χ4n) is 2.25. The first-order chi connectivity index (χ1) is 12.2. The Balaban J connectivity index is 2.03. The zero-order chi connectivity index (χ0) is 18.1. The van der Waals surface area contributed by atoms with Crippen LogP contribution in [0.1, 0.15) is 36.7 Å². The topological polar surface area (TPSA) is 85.4 Å². The highest BCUT2D eigenvalue weighted by Crippen LogP contribution is 2.29. The normalized spacial score (nSPS) is 10.2. The maximum Gasteiger partial charge on any atom is 0.274 e. The van der Waals surface area contributed by atoms with Crippen molar-refractivity contribution in [1.82, 2.24) is 9.97 Å². The van der Waals surface area contributed by atoms with Crippen molar-refractivity contribution in [3.05, 3.63) is 36.2 Å². The van der Waals surface area contributed by atoms with Crippen molar-refractivity contribution in [1.29, 1.82) is 0 Å². The monoisotopic (exact) mass is 344 g/mol. The summed E-state index contributed by atoms with van der Waals surface area (Å²) in [6.45, 7) is 2.93. The number of benzene rings is 1. The van der Waals surface area contributed by atoms with Gasteiger partial charge in [0, 0.05) is 24.5 Å². The summed E-state index contributed by atoms with van der Waals surface area (Å²) in [5.41, 5.74) is 0.890. The number of unbranched alkanes of at least 4 members (excludes halogenated alkanes) is 2. The number of rotatable bonds is 9. The van der Waals surface area contributed by atoms with E-state index in [0.717, 1.165) is 25.8 Å². The standard InChI is InChI=1S/C18H24N4O3/c1-4-5-6-10-19-18-20-11-9-14(22-18)17(23)21-13-7-8-15(24-2)16(12-13)25-3/h7-9,11-12H,4-6,10H2,1-3H3,(H,21,23)(H,19,20,22). The number of carbonyl (C=O) groups is 1. The molecule has 0 unspecified atom stereocenters. The molecule has 1 aromatic heterocycles.